The van der Waals surface area contributed by atoms with Gasteiger partial charge in [-0.1, -0.05) is 6.07 Å². The fraction of sp³-hybridized carbons (Fsp3) is 0.333. The Balaban J connectivity index is 1.35. The average Bonchev–Trinajstić information content (AvgIpc) is 3.25. The number of nitrogens with one attached hydrogen (secondary N) is 1. The molecule has 0 atom stereocenters. The minimum Gasteiger partial charge on any atom is -0.356 e. The van der Waals surface area contributed by atoms with Crippen molar-refractivity contribution in [3.63, 3.8) is 0 Å². The molecule has 1 N–H and O–H groups in total. The molecule has 0 bridgehead atoms. The molecule has 5 aromatic rings. The largest absolute Gasteiger partial charge is 0.356 e. The van der Waals surface area contributed by atoms with E-state index < -0.39 is 0 Å². The Labute approximate surface area is 188 Å². The normalized spacial score (nSPS) is 15.3. The molecule has 9 nitrogen and oxygen atoms in total. The summed E-state index contributed by atoms with van der Waals surface area (Å²) in [6.45, 7) is 3.60. The number of hydrogen-bond acceptors (Lipinski definition) is 5. The smallest absolute Gasteiger partial charge is 0.328 e. The van der Waals surface area contributed by atoms with Crippen LogP contribution in [0.15, 0.2) is 46.2 Å². The molecule has 0 saturated carbocycles. The molecule has 1 fully saturated rings. The lowest BCUT2D eigenvalue weighted by atomic mass is 10.0. The zero-order valence-corrected chi connectivity index (χ0v) is 18.9. The van der Waals surface area contributed by atoms with Gasteiger partial charge in [0.25, 0.3) is 0 Å². The van der Waals surface area contributed by atoms with Crippen molar-refractivity contribution < 1.29 is 0 Å². The number of aromatic amines is 1. The van der Waals surface area contributed by atoms with Crippen molar-refractivity contribution in [2.45, 2.75) is 25.8 Å². The number of aromatic nitrogens is 6. The van der Waals surface area contributed by atoms with Gasteiger partial charge in [0.05, 0.1) is 27.6 Å². The Hall–Kier alpha value is -3.88. The van der Waals surface area contributed by atoms with E-state index in [0.29, 0.717) is 0 Å². The van der Waals surface area contributed by atoms with Crippen LogP contribution in [0.1, 0.15) is 24.4 Å². The summed E-state index contributed by atoms with van der Waals surface area (Å²) in [5, 5.41) is 0.935. The summed E-state index contributed by atoms with van der Waals surface area (Å²) in [5.41, 5.74) is 5.41. The fourth-order valence-electron chi connectivity index (χ4n) is 5.23. The van der Waals surface area contributed by atoms with Crippen molar-refractivity contribution in [2.75, 3.05) is 18.0 Å². The quantitative estimate of drug-likeness (QED) is 0.453. The van der Waals surface area contributed by atoms with Gasteiger partial charge in [0, 0.05) is 38.6 Å². The van der Waals surface area contributed by atoms with Crippen LogP contribution < -0.4 is 16.3 Å². The Morgan fingerprint density at radius 1 is 0.939 bits per heavy atom. The maximum atomic E-state index is 12.7. The molecule has 33 heavy (non-hydrogen) atoms. The van der Waals surface area contributed by atoms with E-state index in [9.17, 15) is 9.59 Å². The van der Waals surface area contributed by atoms with Gasteiger partial charge in [0.1, 0.15) is 12.1 Å². The number of rotatable bonds is 2. The first-order valence-corrected chi connectivity index (χ1v) is 11.2. The minimum absolute atomic E-state index is 0.0473. The minimum atomic E-state index is -0.0602. The SMILES string of the molecule is Cc1ccc2c(c1)[nH]c(=O)n2C1CCN(c2ncnc3cc4c(cc23)n(C)c(=O)n4C)CC1. The van der Waals surface area contributed by atoms with Crippen LogP contribution in [0.3, 0.4) is 0 Å². The number of nitrogens with zero attached hydrogens (tertiary/aromatic N) is 6. The Morgan fingerprint density at radius 2 is 1.67 bits per heavy atom. The number of piperidine rings is 1. The van der Waals surface area contributed by atoms with Crippen LogP contribution in [-0.2, 0) is 14.1 Å². The van der Waals surface area contributed by atoms with E-state index in [1.165, 1.54) is 0 Å². The summed E-state index contributed by atoms with van der Waals surface area (Å²) in [4.78, 5) is 39.4. The highest BCUT2D eigenvalue weighted by Crippen LogP contribution is 2.32. The van der Waals surface area contributed by atoms with Crippen LogP contribution in [0, 0.1) is 6.92 Å². The van der Waals surface area contributed by atoms with Gasteiger partial charge in [-0.15, -0.1) is 0 Å². The van der Waals surface area contributed by atoms with Gasteiger partial charge >= 0.3 is 11.4 Å². The maximum absolute atomic E-state index is 12.7. The Kier molecular flexibility index (Phi) is 4.23. The van der Waals surface area contributed by atoms with Crippen LogP contribution >= 0.6 is 0 Å². The highest BCUT2D eigenvalue weighted by molar-refractivity contribution is 5.99. The van der Waals surface area contributed by atoms with E-state index >= 15 is 0 Å². The molecule has 0 amide bonds. The Morgan fingerprint density at radius 3 is 2.42 bits per heavy atom. The van der Waals surface area contributed by atoms with Gasteiger partial charge in [-0.2, -0.15) is 0 Å². The first-order valence-electron chi connectivity index (χ1n) is 11.2. The lowest BCUT2D eigenvalue weighted by Crippen LogP contribution is -2.37. The van der Waals surface area contributed by atoms with Crippen molar-refractivity contribution in [2.24, 2.45) is 14.1 Å². The molecular weight excluding hydrogens is 418 g/mol. The number of fused-ring (bicyclic) bond motifs is 3. The van der Waals surface area contributed by atoms with E-state index in [-0.39, 0.29) is 17.4 Å². The maximum Gasteiger partial charge on any atom is 0.328 e. The van der Waals surface area contributed by atoms with Gasteiger partial charge in [-0.3, -0.25) is 13.7 Å². The van der Waals surface area contributed by atoms with Gasteiger partial charge in [-0.05, 0) is 49.6 Å². The third-order valence-electron chi connectivity index (χ3n) is 7.01. The van der Waals surface area contributed by atoms with Crippen LogP contribution in [0.5, 0.6) is 0 Å². The summed E-state index contributed by atoms with van der Waals surface area (Å²) in [6.07, 6.45) is 3.28. The number of anilines is 1. The first kappa shape index (κ1) is 19.8. The lowest BCUT2D eigenvalue weighted by molar-refractivity contribution is 0.395. The predicted octanol–water partition coefficient (Wildman–Crippen LogP) is 2.61. The third-order valence-corrected chi connectivity index (χ3v) is 7.01. The van der Waals surface area contributed by atoms with Crippen LogP contribution in [0.4, 0.5) is 5.82 Å². The van der Waals surface area contributed by atoms with Crippen molar-refractivity contribution >= 4 is 38.8 Å². The highest BCUT2D eigenvalue weighted by atomic mass is 16.2. The zero-order valence-electron chi connectivity index (χ0n) is 18.9. The molecule has 4 heterocycles. The van der Waals surface area contributed by atoms with Crippen molar-refractivity contribution in [1.29, 1.82) is 0 Å². The molecule has 9 heteroatoms. The predicted molar refractivity (Wildman–Crippen MR) is 129 cm³/mol. The highest BCUT2D eigenvalue weighted by Gasteiger charge is 2.25. The van der Waals surface area contributed by atoms with Gasteiger partial charge in [0.2, 0.25) is 0 Å². The summed E-state index contributed by atoms with van der Waals surface area (Å²) in [6, 6.07) is 10.2. The molecule has 168 valence electrons. The number of benzene rings is 2. The van der Waals surface area contributed by atoms with E-state index in [1.807, 2.05) is 41.8 Å². The second kappa shape index (κ2) is 7.06. The van der Waals surface area contributed by atoms with Crippen LogP contribution in [-0.4, -0.2) is 41.7 Å². The second-order valence-electron chi connectivity index (χ2n) is 8.99. The van der Waals surface area contributed by atoms with Crippen molar-refractivity contribution in [1.82, 2.24) is 28.7 Å². The lowest BCUT2D eigenvalue weighted by Gasteiger charge is -2.33. The van der Waals surface area contributed by atoms with Crippen molar-refractivity contribution in [3.05, 3.63) is 63.2 Å². The number of H-pyrrole nitrogens is 1. The van der Waals surface area contributed by atoms with E-state index in [4.69, 9.17) is 0 Å². The summed E-state index contributed by atoms with van der Waals surface area (Å²) in [7, 11) is 3.56. The summed E-state index contributed by atoms with van der Waals surface area (Å²) in [5.74, 6) is 0.874. The average molecular weight is 444 g/mol. The molecule has 1 saturated heterocycles. The summed E-state index contributed by atoms with van der Waals surface area (Å²) >= 11 is 0. The molecule has 0 unspecified atom stereocenters. The van der Waals surface area contributed by atoms with Crippen LogP contribution in [0.25, 0.3) is 33.0 Å². The third kappa shape index (κ3) is 2.92. The molecule has 0 spiro atoms. The standard InChI is InChI=1S/C24H25N7O2/c1-14-4-5-19-18(10-14)27-23(32)31(19)15-6-8-30(9-7-15)22-16-11-20-21(12-17(16)25-13-26-22)29(3)24(33)28(20)2/h4-5,10-13,15H,6-9H2,1-3H3,(H,27,32). The van der Waals surface area contributed by atoms with E-state index in [1.54, 1.807) is 29.6 Å². The zero-order chi connectivity index (χ0) is 22.9. The Bertz CT molecular complexity index is 1660. The first-order chi connectivity index (χ1) is 15.9. The second-order valence-corrected chi connectivity index (χ2v) is 8.99. The van der Waals surface area contributed by atoms with Gasteiger partial charge in [-0.25, -0.2) is 19.6 Å². The fourth-order valence-corrected chi connectivity index (χ4v) is 5.23. The number of aryl methyl sites for hydroxylation is 3. The molecular formula is C24H25N7O2. The number of hydrogen-bond donors (Lipinski definition) is 1. The van der Waals surface area contributed by atoms with E-state index in [0.717, 1.165) is 70.3 Å². The molecule has 0 aliphatic carbocycles. The molecule has 0 radical (unpaired) electrons. The molecule has 3 aromatic heterocycles. The van der Waals surface area contributed by atoms with E-state index in [2.05, 4.69) is 19.9 Å². The molecule has 1 aliphatic rings. The summed E-state index contributed by atoms with van der Waals surface area (Å²) < 4.78 is 5.21. The topological polar surface area (TPSA) is 93.7 Å². The number of imidazole rings is 2. The monoisotopic (exact) mass is 443 g/mol. The molecule has 2 aromatic carbocycles. The molecule has 1 aliphatic heterocycles. The van der Waals surface area contributed by atoms with Gasteiger partial charge < -0.3 is 9.88 Å². The van der Waals surface area contributed by atoms with Crippen LogP contribution in [0.2, 0.25) is 0 Å². The molecule has 6 rings (SSSR count). The van der Waals surface area contributed by atoms with Gasteiger partial charge in [0.15, 0.2) is 0 Å². The van der Waals surface area contributed by atoms with Crippen molar-refractivity contribution in [3.8, 4) is 0 Å².